The molecule has 0 saturated carbocycles. The van der Waals surface area contributed by atoms with Gasteiger partial charge >= 0.3 is 11.9 Å². The van der Waals surface area contributed by atoms with Crippen molar-refractivity contribution in [3.8, 4) is 0 Å². The van der Waals surface area contributed by atoms with Crippen LogP contribution < -0.4 is 5.32 Å². The molecule has 5 nitrogen and oxygen atoms in total. The zero-order chi connectivity index (χ0) is 16.7. The smallest absolute Gasteiger partial charge is 0.335 e. The van der Waals surface area contributed by atoms with Crippen molar-refractivity contribution in [1.82, 2.24) is 5.32 Å². The number of carboxylic acid groups (broad SMARTS) is 2. The van der Waals surface area contributed by atoms with Crippen LogP contribution in [-0.4, -0.2) is 33.2 Å². The van der Waals surface area contributed by atoms with Crippen molar-refractivity contribution in [2.75, 3.05) is 0 Å². The summed E-state index contributed by atoms with van der Waals surface area (Å²) in [6.07, 6.45) is 1.39. The highest BCUT2D eigenvalue weighted by molar-refractivity contribution is 5.97. The highest BCUT2D eigenvalue weighted by atomic mass is 16.4. The van der Waals surface area contributed by atoms with E-state index in [2.05, 4.69) is 33.0 Å². The van der Waals surface area contributed by atoms with E-state index in [0.29, 0.717) is 18.4 Å². The van der Waals surface area contributed by atoms with Gasteiger partial charge < -0.3 is 15.5 Å². The molecular formula is C17H23NO4. The molecule has 2 rings (SSSR count). The molecule has 1 aliphatic heterocycles. The normalized spacial score (nSPS) is 20.5. The molecule has 22 heavy (non-hydrogen) atoms. The van der Waals surface area contributed by atoms with Crippen molar-refractivity contribution in [3.05, 3.63) is 34.9 Å². The van der Waals surface area contributed by atoms with Gasteiger partial charge in [0.1, 0.15) is 0 Å². The Hall–Kier alpha value is -1.88. The Morgan fingerprint density at radius 1 is 1.00 bits per heavy atom. The van der Waals surface area contributed by atoms with Crippen LogP contribution >= 0.6 is 0 Å². The summed E-state index contributed by atoms with van der Waals surface area (Å²) in [7, 11) is 0. The van der Waals surface area contributed by atoms with Crippen LogP contribution in [0.15, 0.2) is 18.2 Å². The number of carbonyl (C=O) groups is 2. The molecule has 0 atom stereocenters. The molecule has 3 N–H and O–H groups in total. The van der Waals surface area contributed by atoms with Gasteiger partial charge in [-0.15, -0.1) is 0 Å². The molecule has 1 aromatic rings. The molecule has 0 aromatic heterocycles. The largest absolute Gasteiger partial charge is 0.478 e. The highest BCUT2D eigenvalue weighted by Crippen LogP contribution is 2.41. The number of piperidine rings is 1. The first-order chi connectivity index (χ1) is 10.0. The van der Waals surface area contributed by atoms with Gasteiger partial charge in [-0.05, 0) is 64.2 Å². The molecule has 0 bridgehead atoms. The Morgan fingerprint density at radius 2 is 1.41 bits per heavy atom. The molecule has 0 amide bonds. The van der Waals surface area contributed by atoms with Gasteiger partial charge in [-0.3, -0.25) is 0 Å². The standard InChI is InChI=1S/C17H23NO4/c1-16(2)8-10(9-17(3,4)18-16)13-11(14(19)20)6-5-7-12(13)15(21)22/h5-7,10,18H,8-9H2,1-4H3,(H,19,20)(H,21,22). The van der Waals surface area contributed by atoms with Gasteiger partial charge in [0.15, 0.2) is 0 Å². The number of carboxylic acids is 2. The van der Waals surface area contributed by atoms with Crippen molar-refractivity contribution >= 4 is 11.9 Å². The molecule has 1 fully saturated rings. The van der Waals surface area contributed by atoms with Crippen LogP contribution in [0, 0.1) is 0 Å². The fourth-order valence-corrected chi connectivity index (χ4v) is 3.90. The maximum absolute atomic E-state index is 11.6. The predicted octanol–water partition coefficient (Wildman–Crippen LogP) is 3.11. The lowest BCUT2D eigenvalue weighted by Crippen LogP contribution is -2.57. The van der Waals surface area contributed by atoms with E-state index < -0.39 is 11.9 Å². The fraction of sp³-hybridized carbons (Fsp3) is 0.529. The third kappa shape index (κ3) is 3.30. The summed E-state index contributed by atoms with van der Waals surface area (Å²) in [6, 6.07) is 4.48. The molecule has 0 unspecified atom stereocenters. The molecule has 120 valence electrons. The van der Waals surface area contributed by atoms with Crippen LogP contribution in [-0.2, 0) is 0 Å². The van der Waals surface area contributed by atoms with E-state index in [9.17, 15) is 19.8 Å². The maximum atomic E-state index is 11.6. The number of benzene rings is 1. The first-order valence-electron chi connectivity index (χ1n) is 7.41. The predicted molar refractivity (Wildman–Crippen MR) is 83.6 cm³/mol. The van der Waals surface area contributed by atoms with Gasteiger partial charge in [0, 0.05) is 11.1 Å². The second-order valence-corrected chi connectivity index (χ2v) is 7.38. The summed E-state index contributed by atoms with van der Waals surface area (Å²) >= 11 is 0. The summed E-state index contributed by atoms with van der Waals surface area (Å²) < 4.78 is 0. The average Bonchev–Trinajstić information content (AvgIpc) is 2.33. The van der Waals surface area contributed by atoms with E-state index in [-0.39, 0.29) is 28.1 Å². The lowest BCUT2D eigenvalue weighted by Gasteiger charge is -2.47. The monoisotopic (exact) mass is 305 g/mol. The van der Waals surface area contributed by atoms with Gasteiger partial charge in [-0.25, -0.2) is 9.59 Å². The summed E-state index contributed by atoms with van der Waals surface area (Å²) in [6.45, 7) is 8.24. The Labute approximate surface area is 130 Å². The second kappa shape index (κ2) is 5.39. The van der Waals surface area contributed by atoms with Crippen LogP contribution in [0.3, 0.4) is 0 Å². The minimum Gasteiger partial charge on any atom is -0.478 e. The van der Waals surface area contributed by atoms with E-state index in [0.717, 1.165) is 0 Å². The summed E-state index contributed by atoms with van der Waals surface area (Å²) in [5.41, 5.74) is 0.267. The van der Waals surface area contributed by atoms with Crippen molar-refractivity contribution < 1.29 is 19.8 Å². The molecule has 1 saturated heterocycles. The SMILES string of the molecule is CC1(C)CC(c2c(C(=O)O)cccc2C(=O)O)CC(C)(C)N1. The van der Waals surface area contributed by atoms with E-state index in [1.54, 1.807) is 0 Å². The summed E-state index contributed by atoms with van der Waals surface area (Å²) in [4.78, 5) is 23.1. The first-order valence-corrected chi connectivity index (χ1v) is 7.41. The molecule has 0 spiro atoms. The Balaban J connectivity index is 2.59. The molecule has 1 heterocycles. The van der Waals surface area contributed by atoms with Crippen LogP contribution in [0.25, 0.3) is 0 Å². The van der Waals surface area contributed by atoms with Crippen LogP contribution in [0.4, 0.5) is 0 Å². The highest BCUT2D eigenvalue weighted by Gasteiger charge is 2.40. The molecular weight excluding hydrogens is 282 g/mol. The summed E-state index contributed by atoms with van der Waals surface area (Å²) in [5.74, 6) is -2.26. The average molecular weight is 305 g/mol. The van der Waals surface area contributed by atoms with Gasteiger partial charge in [0.25, 0.3) is 0 Å². The van der Waals surface area contributed by atoms with Crippen molar-refractivity contribution in [1.29, 1.82) is 0 Å². The molecule has 1 aliphatic rings. The zero-order valence-electron chi connectivity index (χ0n) is 13.4. The van der Waals surface area contributed by atoms with Gasteiger partial charge in [-0.2, -0.15) is 0 Å². The number of hydrogen-bond acceptors (Lipinski definition) is 3. The maximum Gasteiger partial charge on any atom is 0.335 e. The third-order valence-corrected chi connectivity index (χ3v) is 4.17. The van der Waals surface area contributed by atoms with Crippen molar-refractivity contribution in [3.63, 3.8) is 0 Å². The lowest BCUT2D eigenvalue weighted by atomic mass is 9.71. The van der Waals surface area contributed by atoms with Gasteiger partial charge in [0.05, 0.1) is 11.1 Å². The number of hydrogen-bond donors (Lipinski definition) is 3. The Bertz CT molecular complexity index is 571. The zero-order valence-corrected chi connectivity index (χ0v) is 13.4. The number of nitrogens with one attached hydrogen (secondary N) is 1. The molecule has 0 aliphatic carbocycles. The minimum absolute atomic E-state index is 0.0957. The lowest BCUT2D eigenvalue weighted by molar-refractivity contribution is 0.0688. The van der Waals surface area contributed by atoms with E-state index in [1.165, 1.54) is 18.2 Å². The first kappa shape index (κ1) is 16.5. The Morgan fingerprint density at radius 3 is 1.77 bits per heavy atom. The fourth-order valence-electron chi connectivity index (χ4n) is 3.90. The molecule has 5 heteroatoms. The quantitative estimate of drug-likeness (QED) is 0.798. The molecule has 1 aromatic carbocycles. The topological polar surface area (TPSA) is 86.6 Å². The van der Waals surface area contributed by atoms with E-state index >= 15 is 0 Å². The van der Waals surface area contributed by atoms with Crippen LogP contribution in [0.1, 0.15) is 72.7 Å². The van der Waals surface area contributed by atoms with E-state index in [4.69, 9.17) is 0 Å². The van der Waals surface area contributed by atoms with Crippen LogP contribution in [0.2, 0.25) is 0 Å². The van der Waals surface area contributed by atoms with Gasteiger partial charge in [-0.1, -0.05) is 6.07 Å². The number of aromatic carboxylic acids is 2. The van der Waals surface area contributed by atoms with Crippen molar-refractivity contribution in [2.45, 2.75) is 57.5 Å². The minimum atomic E-state index is -1.08. The molecule has 0 radical (unpaired) electrons. The Kier molecular flexibility index (Phi) is 4.04. The van der Waals surface area contributed by atoms with Crippen molar-refractivity contribution in [2.24, 2.45) is 0 Å². The number of rotatable bonds is 3. The van der Waals surface area contributed by atoms with E-state index in [1.807, 2.05) is 0 Å². The summed E-state index contributed by atoms with van der Waals surface area (Å²) in [5, 5.41) is 22.4. The van der Waals surface area contributed by atoms with Crippen LogP contribution in [0.5, 0.6) is 0 Å². The second-order valence-electron chi connectivity index (χ2n) is 7.38. The third-order valence-electron chi connectivity index (χ3n) is 4.17. The van der Waals surface area contributed by atoms with Gasteiger partial charge in [0.2, 0.25) is 0 Å².